The van der Waals surface area contributed by atoms with E-state index in [1.54, 1.807) is 0 Å². The minimum Gasteiger partial charge on any atom is -0.465 e. The Kier molecular flexibility index (Phi) is 5.43. The standard InChI is InChI=1S/C17H13F2NO5/c1-24-16(22)9-5-10(17(23)25-2)7-12(6-9)20-15(21)13-8-11(18)3-4-14(13)19/h3-8H,1-2H3,(H,20,21). The molecule has 1 N–H and O–H groups in total. The molecule has 0 saturated carbocycles. The van der Waals surface area contributed by atoms with Crippen LogP contribution in [0.2, 0.25) is 0 Å². The van der Waals surface area contributed by atoms with E-state index in [4.69, 9.17) is 0 Å². The summed E-state index contributed by atoms with van der Waals surface area (Å²) in [5.74, 6) is -4.16. The van der Waals surface area contributed by atoms with Crippen LogP contribution in [0.25, 0.3) is 0 Å². The average Bonchev–Trinajstić information content (AvgIpc) is 2.61. The lowest BCUT2D eigenvalue weighted by Crippen LogP contribution is -2.16. The van der Waals surface area contributed by atoms with Crippen molar-refractivity contribution in [2.24, 2.45) is 0 Å². The molecule has 0 heterocycles. The monoisotopic (exact) mass is 349 g/mol. The number of carbonyl (C=O) groups is 3. The molecule has 0 bridgehead atoms. The van der Waals surface area contributed by atoms with Gasteiger partial charge in [0, 0.05) is 5.69 Å². The number of hydrogen-bond acceptors (Lipinski definition) is 5. The lowest BCUT2D eigenvalue weighted by Gasteiger charge is -2.10. The van der Waals surface area contributed by atoms with Crippen LogP contribution in [0, 0.1) is 11.6 Å². The van der Waals surface area contributed by atoms with Crippen molar-refractivity contribution in [2.75, 3.05) is 19.5 Å². The van der Waals surface area contributed by atoms with Crippen LogP contribution in [0.3, 0.4) is 0 Å². The van der Waals surface area contributed by atoms with Gasteiger partial charge < -0.3 is 14.8 Å². The zero-order chi connectivity index (χ0) is 18.6. The summed E-state index contributed by atoms with van der Waals surface area (Å²) in [7, 11) is 2.29. The smallest absolute Gasteiger partial charge is 0.337 e. The normalized spacial score (nSPS) is 10.1. The molecule has 1 amide bonds. The van der Waals surface area contributed by atoms with Crippen molar-refractivity contribution in [3.63, 3.8) is 0 Å². The van der Waals surface area contributed by atoms with Crippen molar-refractivity contribution in [3.8, 4) is 0 Å². The van der Waals surface area contributed by atoms with Gasteiger partial charge in [0.25, 0.3) is 5.91 Å². The van der Waals surface area contributed by atoms with Crippen LogP contribution in [0.5, 0.6) is 0 Å². The molecule has 0 atom stereocenters. The van der Waals surface area contributed by atoms with Gasteiger partial charge in [-0.15, -0.1) is 0 Å². The van der Waals surface area contributed by atoms with Crippen molar-refractivity contribution in [1.29, 1.82) is 0 Å². The molecule has 0 fully saturated rings. The van der Waals surface area contributed by atoms with E-state index >= 15 is 0 Å². The van der Waals surface area contributed by atoms with Gasteiger partial charge in [0.15, 0.2) is 0 Å². The molecule has 0 spiro atoms. The molecule has 0 aliphatic rings. The van der Waals surface area contributed by atoms with E-state index in [1.165, 1.54) is 18.2 Å². The maximum atomic E-state index is 13.7. The van der Waals surface area contributed by atoms with Gasteiger partial charge in [0.2, 0.25) is 0 Å². The highest BCUT2D eigenvalue weighted by Gasteiger charge is 2.17. The number of methoxy groups -OCH3 is 2. The van der Waals surface area contributed by atoms with Crippen LogP contribution in [-0.2, 0) is 9.47 Å². The number of rotatable bonds is 4. The molecule has 0 aliphatic heterocycles. The molecule has 8 heteroatoms. The predicted octanol–water partition coefficient (Wildman–Crippen LogP) is 2.79. The summed E-state index contributed by atoms with van der Waals surface area (Å²) in [6.45, 7) is 0. The summed E-state index contributed by atoms with van der Waals surface area (Å²) in [5, 5.41) is 2.30. The highest BCUT2D eigenvalue weighted by Crippen LogP contribution is 2.19. The maximum absolute atomic E-state index is 13.7. The van der Waals surface area contributed by atoms with Crippen molar-refractivity contribution in [2.45, 2.75) is 0 Å². The Balaban J connectivity index is 2.40. The summed E-state index contributed by atoms with van der Waals surface area (Å²) in [6, 6.07) is 6.10. The number of halogens is 2. The van der Waals surface area contributed by atoms with Crippen LogP contribution in [0.4, 0.5) is 14.5 Å². The summed E-state index contributed by atoms with van der Waals surface area (Å²) in [4.78, 5) is 35.5. The number of carbonyl (C=O) groups excluding carboxylic acids is 3. The molecule has 0 aliphatic carbocycles. The lowest BCUT2D eigenvalue weighted by atomic mass is 10.1. The zero-order valence-corrected chi connectivity index (χ0v) is 13.3. The van der Waals surface area contributed by atoms with Gasteiger partial charge in [-0.05, 0) is 36.4 Å². The van der Waals surface area contributed by atoms with E-state index < -0.39 is 35.0 Å². The minimum absolute atomic E-state index is 0.0111. The Hall–Kier alpha value is -3.29. The largest absolute Gasteiger partial charge is 0.465 e. The number of anilines is 1. The predicted molar refractivity (Wildman–Crippen MR) is 83.4 cm³/mol. The second kappa shape index (κ2) is 7.52. The first kappa shape index (κ1) is 18.1. The minimum atomic E-state index is -0.949. The highest BCUT2D eigenvalue weighted by atomic mass is 19.1. The first-order valence-electron chi connectivity index (χ1n) is 6.94. The second-order valence-electron chi connectivity index (χ2n) is 4.86. The Morgan fingerprint density at radius 1 is 0.880 bits per heavy atom. The number of hydrogen-bond donors (Lipinski definition) is 1. The molecular formula is C17H13F2NO5. The first-order valence-corrected chi connectivity index (χ1v) is 6.94. The van der Waals surface area contributed by atoms with Gasteiger partial charge in [-0.2, -0.15) is 0 Å². The topological polar surface area (TPSA) is 81.7 Å². The van der Waals surface area contributed by atoms with Crippen molar-refractivity contribution >= 4 is 23.5 Å². The molecule has 0 saturated heterocycles. The van der Waals surface area contributed by atoms with Gasteiger partial charge >= 0.3 is 11.9 Å². The SMILES string of the molecule is COC(=O)c1cc(NC(=O)c2cc(F)ccc2F)cc(C(=O)OC)c1. The van der Waals surface area contributed by atoms with Gasteiger partial charge in [-0.1, -0.05) is 0 Å². The lowest BCUT2D eigenvalue weighted by molar-refractivity contribution is 0.0599. The van der Waals surface area contributed by atoms with Crippen LogP contribution < -0.4 is 5.32 Å². The fourth-order valence-corrected chi connectivity index (χ4v) is 2.04. The van der Waals surface area contributed by atoms with E-state index in [9.17, 15) is 23.2 Å². The second-order valence-corrected chi connectivity index (χ2v) is 4.86. The van der Waals surface area contributed by atoms with Crippen LogP contribution in [0.15, 0.2) is 36.4 Å². The molecule has 0 radical (unpaired) electrons. The fourth-order valence-electron chi connectivity index (χ4n) is 2.04. The zero-order valence-electron chi connectivity index (χ0n) is 13.3. The van der Waals surface area contributed by atoms with Gasteiger partial charge in [-0.3, -0.25) is 4.79 Å². The molecule has 0 unspecified atom stereocenters. The average molecular weight is 349 g/mol. The summed E-state index contributed by atoms with van der Waals surface area (Å²) < 4.78 is 36.0. The third-order valence-corrected chi connectivity index (χ3v) is 3.21. The van der Waals surface area contributed by atoms with E-state index in [0.717, 1.165) is 32.4 Å². The van der Waals surface area contributed by atoms with E-state index in [2.05, 4.69) is 14.8 Å². The van der Waals surface area contributed by atoms with E-state index in [0.29, 0.717) is 0 Å². The maximum Gasteiger partial charge on any atom is 0.337 e. The van der Waals surface area contributed by atoms with Gasteiger partial charge in [0.05, 0.1) is 30.9 Å². The first-order chi connectivity index (χ1) is 11.8. The Morgan fingerprint density at radius 3 is 1.96 bits per heavy atom. The molecular weight excluding hydrogens is 336 g/mol. The van der Waals surface area contributed by atoms with E-state index in [-0.39, 0.29) is 16.8 Å². The molecule has 25 heavy (non-hydrogen) atoms. The Morgan fingerprint density at radius 2 is 1.44 bits per heavy atom. The Bertz CT molecular complexity index is 817. The Labute approximate surface area is 141 Å². The van der Waals surface area contributed by atoms with Gasteiger partial charge in [0.1, 0.15) is 11.6 Å². The summed E-state index contributed by atoms with van der Waals surface area (Å²) in [5.41, 5.74) is -0.569. The molecule has 130 valence electrons. The number of nitrogens with one attached hydrogen (secondary N) is 1. The molecule has 2 aromatic rings. The van der Waals surface area contributed by atoms with E-state index in [1.807, 2.05) is 0 Å². The van der Waals surface area contributed by atoms with Crippen molar-refractivity contribution < 1.29 is 32.6 Å². The quantitative estimate of drug-likeness (QED) is 0.859. The highest BCUT2D eigenvalue weighted by molar-refractivity contribution is 6.06. The van der Waals surface area contributed by atoms with Crippen LogP contribution >= 0.6 is 0 Å². The van der Waals surface area contributed by atoms with Crippen LogP contribution in [-0.4, -0.2) is 32.1 Å². The van der Waals surface area contributed by atoms with Gasteiger partial charge in [-0.25, -0.2) is 18.4 Å². The summed E-state index contributed by atoms with van der Waals surface area (Å²) >= 11 is 0. The number of benzene rings is 2. The molecule has 6 nitrogen and oxygen atoms in total. The van der Waals surface area contributed by atoms with Crippen molar-refractivity contribution in [1.82, 2.24) is 0 Å². The third-order valence-electron chi connectivity index (χ3n) is 3.21. The molecule has 2 rings (SSSR count). The number of ether oxygens (including phenoxy) is 2. The van der Waals surface area contributed by atoms with Crippen LogP contribution in [0.1, 0.15) is 31.1 Å². The number of esters is 2. The van der Waals surface area contributed by atoms with Crippen molar-refractivity contribution in [3.05, 3.63) is 64.7 Å². The number of amides is 1. The third kappa shape index (κ3) is 4.17. The summed E-state index contributed by atoms with van der Waals surface area (Å²) in [6.07, 6.45) is 0. The fraction of sp³-hybridized carbons (Fsp3) is 0.118. The molecule has 0 aromatic heterocycles. The molecule has 2 aromatic carbocycles.